The smallest absolute Gasteiger partial charge is 0.324 e. The first-order chi connectivity index (χ1) is 12.8. The van der Waals surface area contributed by atoms with Gasteiger partial charge in [-0.3, -0.25) is 9.10 Å². The average molecular weight is 414 g/mol. The highest BCUT2D eigenvalue weighted by Gasteiger charge is 2.31. The summed E-state index contributed by atoms with van der Waals surface area (Å²) in [6, 6.07) is 7.84. The lowest BCUT2D eigenvalue weighted by Crippen LogP contribution is -2.45. The Balaban J connectivity index is 2.28. The van der Waals surface area contributed by atoms with Crippen molar-refractivity contribution in [1.29, 1.82) is 0 Å². The lowest BCUT2D eigenvalue weighted by Gasteiger charge is -2.28. The van der Waals surface area contributed by atoms with E-state index >= 15 is 0 Å². The molecule has 0 unspecified atom stereocenters. The van der Waals surface area contributed by atoms with E-state index in [1.165, 1.54) is 6.92 Å². The van der Waals surface area contributed by atoms with Crippen LogP contribution in [-0.4, -0.2) is 26.6 Å². The van der Waals surface area contributed by atoms with Crippen molar-refractivity contribution in [1.82, 2.24) is 0 Å². The van der Waals surface area contributed by atoms with Gasteiger partial charge in [-0.1, -0.05) is 6.07 Å². The number of benzene rings is 2. The van der Waals surface area contributed by atoms with Crippen LogP contribution in [0.2, 0.25) is 0 Å². The van der Waals surface area contributed by atoms with Gasteiger partial charge in [-0.15, -0.1) is 0 Å². The summed E-state index contributed by atoms with van der Waals surface area (Å²) in [7, 11) is -3.79. The van der Waals surface area contributed by atoms with Gasteiger partial charge in [0.15, 0.2) is 0 Å². The Bertz CT molecular complexity index is 971. The molecule has 0 saturated heterocycles. The lowest BCUT2D eigenvalue weighted by molar-refractivity contribution is -0.137. The maximum atomic E-state index is 12.6. The van der Waals surface area contributed by atoms with Crippen molar-refractivity contribution in [2.24, 2.45) is 0 Å². The van der Waals surface area contributed by atoms with Crippen molar-refractivity contribution in [2.45, 2.75) is 33.0 Å². The van der Waals surface area contributed by atoms with Crippen molar-refractivity contribution in [3.05, 3.63) is 59.2 Å². The topological polar surface area (TPSA) is 66.5 Å². The van der Waals surface area contributed by atoms with E-state index in [-0.39, 0.29) is 5.69 Å². The summed E-state index contributed by atoms with van der Waals surface area (Å²) in [6.45, 7) is 5.12. The van der Waals surface area contributed by atoms with Gasteiger partial charge in [0, 0.05) is 5.69 Å². The molecule has 0 aliphatic rings. The van der Waals surface area contributed by atoms with Gasteiger partial charge in [-0.05, 0) is 68.3 Å². The number of alkyl halides is 3. The average Bonchev–Trinajstić information content (AvgIpc) is 2.56. The van der Waals surface area contributed by atoms with Crippen LogP contribution in [0.5, 0.6) is 0 Å². The molecule has 0 aliphatic carbocycles. The second-order valence-electron chi connectivity index (χ2n) is 6.57. The number of rotatable bonds is 5. The zero-order chi connectivity index (χ0) is 21.3. The second kappa shape index (κ2) is 7.83. The molecule has 0 saturated carbocycles. The Hall–Kier alpha value is -2.55. The van der Waals surface area contributed by atoms with Crippen molar-refractivity contribution in [2.75, 3.05) is 15.9 Å². The van der Waals surface area contributed by atoms with Gasteiger partial charge in [0.25, 0.3) is 0 Å². The van der Waals surface area contributed by atoms with Crippen molar-refractivity contribution < 1.29 is 26.4 Å². The molecule has 1 atom stereocenters. The first-order valence-corrected chi connectivity index (χ1v) is 10.2. The predicted octanol–water partition coefficient (Wildman–Crippen LogP) is 4.12. The number of amides is 1. The molecule has 0 spiro atoms. The Morgan fingerprint density at radius 3 is 2.07 bits per heavy atom. The van der Waals surface area contributed by atoms with Crippen LogP contribution in [0.4, 0.5) is 24.5 Å². The third-order valence-electron chi connectivity index (χ3n) is 4.31. The zero-order valence-electron chi connectivity index (χ0n) is 15.8. The standard InChI is InChI=1S/C19H21F3N2O3S/c1-12-5-10-17(11-13(12)2)24(28(4,26)27)14(3)18(25)23-16-8-6-15(7-9-16)19(20,21)22/h5-11,14H,1-4H3,(H,23,25)/t14-/m0/s1. The van der Waals surface area contributed by atoms with Crippen LogP contribution in [0.3, 0.4) is 0 Å². The summed E-state index contributed by atoms with van der Waals surface area (Å²) in [6.07, 6.45) is -3.49. The number of nitrogens with one attached hydrogen (secondary N) is 1. The number of anilines is 2. The minimum Gasteiger partial charge on any atom is -0.324 e. The lowest BCUT2D eigenvalue weighted by atomic mass is 10.1. The highest BCUT2D eigenvalue weighted by atomic mass is 32.2. The minimum absolute atomic E-state index is 0.137. The number of halogens is 3. The van der Waals surface area contributed by atoms with Crippen LogP contribution in [0.15, 0.2) is 42.5 Å². The van der Waals surface area contributed by atoms with Gasteiger partial charge in [0.2, 0.25) is 15.9 Å². The van der Waals surface area contributed by atoms with E-state index in [2.05, 4.69) is 5.32 Å². The Morgan fingerprint density at radius 1 is 1.04 bits per heavy atom. The number of nitrogens with zero attached hydrogens (tertiary/aromatic N) is 1. The zero-order valence-corrected chi connectivity index (χ0v) is 16.6. The molecule has 9 heteroatoms. The summed E-state index contributed by atoms with van der Waals surface area (Å²) >= 11 is 0. The number of sulfonamides is 1. The van der Waals surface area contributed by atoms with Gasteiger partial charge in [-0.2, -0.15) is 13.2 Å². The van der Waals surface area contributed by atoms with E-state index in [1.54, 1.807) is 18.2 Å². The van der Waals surface area contributed by atoms with E-state index in [0.29, 0.717) is 5.69 Å². The maximum Gasteiger partial charge on any atom is 0.416 e. The van der Waals surface area contributed by atoms with E-state index in [9.17, 15) is 26.4 Å². The largest absolute Gasteiger partial charge is 0.416 e. The summed E-state index contributed by atoms with van der Waals surface area (Å²) in [5.41, 5.74) is 1.46. The van der Waals surface area contributed by atoms with E-state index in [1.807, 2.05) is 13.8 Å². The number of hydrogen-bond acceptors (Lipinski definition) is 3. The number of hydrogen-bond donors (Lipinski definition) is 1. The Morgan fingerprint density at radius 2 is 1.61 bits per heavy atom. The van der Waals surface area contributed by atoms with Crippen LogP contribution < -0.4 is 9.62 Å². The van der Waals surface area contributed by atoms with Gasteiger partial charge < -0.3 is 5.32 Å². The second-order valence-corrected chi connectivity index (χ2v) is 8.43. The molecule has 152 valence electrons. The van der Waals surface area contributed by atoms with E-state index < -0.39 is 33.7 Å². The van der Waals surface area contributed by atoms with Gasteiger partial charge in [0.05, 0.1) is 17.5 Å². The molecule has 0 aromatic heterocycles. The summed E-state index contributed by atoms with van der Waals surface area (Å²) in [5, 5.41) is 2.46. The molecule has 1 amide bonds. The molecule has 0 bridgehead atoms. The third kappa shape index (κ3) is 5.03. The number of carbonyl (C=O) groups is 1. The van der Waals surface area contributed by atoms with Crippen molar-refractivity contribution >= 4 is 27.3 Å². The molecule has 5 nitrogen and oxygen atoms in total. The SMILES string of the molecule is Cc1ccc(N([C@@H](C)C(=O)Nc2ccc(C(F)(F)F)cc2)S(C)(=O)=O)cc1C. The summed E-state index contributed by atoms with van der Waals surface area (Å²) < 4.78 is 63.5. The summed E-state index contributed by atoms with van der Waals surface area (Å²) in [5.74, 6) is -0.664. The highest BCUT2D eigenvalue weighted by molar-refractivity contribution is 7.92. The Kier molecular flexibility index (Phi) is 6.08. The monoisotopic (exact) mass is 414 g/mol. The normalized spacial score (nSPS) is 13.1. The quantitative estimate of drug-likeness (QED) is 0.801. The molecule has 2 rings (SSSR count). The van der Waals surface area contributed by atoms with Crippen LogP contribution in [0.1, 0.15) is 23.6 Å². The molecule has 0 heterocycles. The van der Waals surface area contributed by atoms with E-state index in [0.717, 1.165) is 46.0 Å². The third-order valence-corrected chi connectivity index (χ3v) is 5.55. The molecular weight excluding hydrogens is 393 g/mol. The fourth-order valence-corrected chi connectivity index (χ4v) is 3.83. The van der Waals surface area contributed by atoms with Crippen LogP contribution >= 0.6 is 0 Å². The van der Waals surface area contributed by atoms with E-state index in [4.69, 9.17) is 0 Å². The molecule has 2 aromatic rings. The van der Waals surface area contributed by atoms with Crippen LogP contribution in [0, 0.1) is 13.8 Å². The maximum absolute atomic E-state index is 12.6. The molecular formula is C19H21F3N2O3S. The molecule has 0 radical (unpaired) electrons. The number of carbonyl (C=O) groups excluding carboxylic acids is 1. The van der Waals surface area contributed by atoms with Gasteiger partial charge in [0.1, 0.15) is 6.04 Å². The van der Waals surface area contributed by atoms with Crippen molar-refractivity contribution in [3.63, 3.8) is 0 Å². The highest BCUT2D eigenvalue weighted by Crippen LogP contribution is 2.30. The molecule has 1 N–H and O–H groups in total. The first kappa shape index (κ1) is 21.7. The fraction of sp³-hybridized carbons (Fsp3) is 0.316. The van der Waals surface area contributed by atoms with Crippen LogP contribution in [-0.2, 0) is 21.0 Å². The van der Waals surface area contributed by atoms with Crippen molar-refractivity contribution in [3.8, 4) is 0 Å². The minimum atomic E-state index is -4.48. The fourth-order valence-electron chi connectivity index (χ4n) is 2.66. The summed E-state index contributed by atoms with van der Waals surface area (Å²) in [4.78, 5) is 12.6. The number of aryl methyl sites for hydroxylation is 2. The predicted molar refractivity (Wildman–Crippen MR) is 103 cm³/mol. The molecule has 2 aromatic carbocycles. The first-order valence-electron chi connectivity index (χ1n) is 8.35. The molecule has 0 fully saturated rings. The van der Waals surface area contributed by atoms with Gasteiger partial charge in [-0.25, -0.2) is 8.42 Å². The molecule has 0 aliphatic heterocycles. The van der Waals surface area contributed by atoms with Crippen LogP contribution in [0.25, 0.3) is 0 Å². The Labute approximate surface area is 162 Å². The van der Waals surface area contributed by atoms with Gasteiger partial charge >= 0.3 is 6.18 Å². The molecule has 28 heavy (non-hydrogen) atoms.